The van der Waals surface area contributed by atoms with E-state index in [4.69, 9.17) is 11.6 Å². The van der Waals surface area contributed by atoms with Gasteiger partial charge in [-0.2, -0.15) is 5.10 Å². The molecule has 162 valence electrons. The van der Waals surface area contributed by atoms with Crippen molar-refractivity contribution in [2.75, 3.05) is 11.9 Å². The van der Waals surface area contributed by atoms with E-state index in [9.17, 15) is 9.18 Å². The van der Waals surface area contributed by atoms with Crippen LogP contribution in [0.5, 0.6) is 0 Å². The summed E-state index contributed by atoms with van der Waals surface area (Å²) in [4.78, 5) is 17.3. The van der Waals surface area contributed by atoms with Crippen LogP contribution in [0.3, 0.4) is 0 Å². The summed E-state index contributed by atoms with van der Waals surface area (Å²) < 4.78 is 15.3. The Morgan fingerprint density at radius 3 is 2.61 bits per heavy atom. The van der Waals surface area contributed by atoms with E-state index in [0.29, 0.717) is 24.2 Å². The zero-order valence-corrected chi connectivity index (χ0v) is 18.7. The van der Waals surface area contributed by atoms with Crippen LogP contribution in [0, 0.1) is 26.6 Å². The summed E-state index contributed by atoms with van der Waals surface area (Å²) in [5.74, 6) is -0.553. The van der Waals surface area contributed by atoms with Crippen LogP contribution in [0.4, 0.5) is 10.1 Å². The standard InChI is InChI=1S/C23H25ClFN5O/c1-14-6-5-7-17(12-14)22(31)28-23(27-18-8-9-21(25)20(24)13-18)26-11-10-19-15(2)29-30(4)16(19)3/h5-9,12-13H,10-11H2,1-4H3,(H2,26,27,28,31). The zero-order valence-electron chi connectivity index (χ0n) is 18.0. The van der Waals surface area contributed by atoms with Crippen LogP contribution in [0.2, 0.25) is 5.02 Å². The first kappa shape index (κ1) is 22.5. The van der Waals surface area contributed by atoms with E-state index in [2.05, 4.69) is 20.7 Å². The fourth-order valence-electron chi connectivity index (χ4n) is 3.25. The van der Waals surface area contributed by atoms with Crippen LogP contribution < -0.4 is 10.6 Å². The van der Waals surface area contributed by atoms with Crippen LogP contribution in [-0.4, -0.2) is 28.2 Å². The van der Waals surface area contributed by atoms with Crippen molar-refractivity contribution in [1.82, 2.24) is 15.1 Å². The average Bonchev–Trinajstić information content (AvgIpc) is 2.96. The first-order valence-electron chi connectivity index (χ1n) is 9.88. The summed E-state index contributed by atoms with van der Waals surface area (Å²) in [7, 11) is 1.91. The number of amides is 1. The molecule has 0 saturated carbocycles. The molecular weight excluding hydrogens is 417 g/mol. The lowest BCUT2D eigenvalue weighted by atomic mass is 10.1. The highest BCUT2D eigenvalue weighted by Crippen LogP contribution is 2.19. The molecule has 0 spiro atoms. The second kappa shape index (κ2) is 9.75. The third kappa shape index (κ3) is 5.70. The molecule has 1 aromatic heterocycles. The van der Waals surface area contributed by atoms with Crippen LogP contribution in [0.25, 0.3) is 0 Å². The highest BCUT2D eigenvalue weighted by atomic mass is 35.5. The van der Waals surface area contributed by atoms with Gasteiger partial charge >= 0.3 is 0 Å². The van der Waals surface area contributed by atoms with Gasteiger partial charge in [0, 0.05) is 30.5 Å². The number of anilines is 1. The molecule has 0 aliphatic heterocycles. The molecule has 6 nitrogen and oxygen atoms in total. The number of halogens is 2. The number of nitrogens with zero attached hydrogens (tertiary/aromatic N) is 3. The quantitative estimate of drug-likeness (QED) is 0.449. The molecule has 0 bridgehead atoms. The molecule has 0 radical (unpaired) electrons. The second-order valence-corrected chi connectivity index (χ2v) is 7.74. The van der Waals surface area contributed by atoms with E-state index >= 15 is 0 Å². The summed E-state index contributed by atoms with van der Waals surface area (Å²) in [5, 5.41) is 10.2. The lowest BCUT2D eigenvalue weighted by Gasteiger charge is -2.13. The van der Waals surface area contributed by atoms with Crippen LogP contribution in [0.1, 0.15) is 32.9 Å². The molecule has 0 aliphatic carbocycles. The average molecular weight is 442 g/mol. The SMILES string of the molecule is Cc1cccc(C(=O)NC(=NCCc2c(C)nn(C)c2C)Nc2ccc(F)c(Cl)c2)c1. The number of aromatic nitrogens is 2. The Hall–Kier alpha value is -3.19. The van der Waals surface area contributed by atoms with E-state index in [1.54, 1.807) is 12.1 Å². The first-order chi connectivity index (χ1) is 14.7. The highest BCUT2D eigenvalue weighted by Gasteiger charge is 2.12. The lowest BCUT2D eigenvalue weighted by Crippen LogP contribution is -2.36. The van der Waals surface area contributed by atoms with Gasteiger partial charge in [-0.1, -0.05) is 29.3 Å². The molecular formula is C23H25ClFN5O. The maximum atomic E-state index is 13.5. The molecule has 0 fully saturated rings. The van der Waals surface area contributed by atoms with Crippen molar-refractivity contribution in [1.29, 1.82) is 0 Å². The molecule has 8 heteroatoms. The van der Waals surface area contributed by atoms with Crippen LogP contribution in [-0.2, 0) is 13.5 Å². The third-order valence-electron chi connectivity index (χ3n) is 4.99. The van der Waals surface area contributed by atoms with Crippen molar-refractivity contribution >= 4 is 29.2 Å². The third-order valence-corrected chi connectivity index (χ3v) is 5.27. The first-order valence-corrected chi connectivity index (χ1v) is 10.3. The Bertz CT molecular complexity index is 1140. The number of nitrogens with one attached hydrogen (secondary N) is 2. The number of benzene rings is 2. The predicted molar refractivity (Wildman–Crippen MR) is 122 cm³/mol. The number of hydrogen-bond acceptors (Lipinski definition) is 3. The summed E-state index contributed by atoms with van der Waals surface area (Å²) in [6, 6.07) is 11.5. The van der Waals surface area contributed by atoms with Crippen molar-refractivity contribution in [2.45, 2.75) is 27.2 Å². The molecule has 2 N–H and O–H groups in total. The molecule has 0 aliphatic rings. The molecule has 2 aromatic carbocycles. The van der Waals surface area contributed by atoms with Gasteiger partial charge in [-0.25, -0.2) is 4.39 Å². The van der Waals surface area contributed by atoms with Gasteiger partial charge in [0.1, 0.15) is 5.82 Å². The van der Waals surface area contributed by atoms with Gasteiger partial charge in [0.05, 0.1) is 10.7 Å². The van der Waals surface area contributed by atoms with Gasteiger partial charge < -0.3 is 5.32 Å². The van der Waals surface area contributed by atoms with Gasteiger partial charge in [0.25, 0.3) is 5.91 Å². The number of aryl methyl sites for hydroxylation is 3. The molecule has 31 heavy (non-hydrogen) atoms. The van der Waals surface area contributed by atoms with Crippen molar-refractivity contribution in [3.05, 3.63) is 81.4 Å². The minimum absolute atomic E-state index is 0.0176. The summed E-state index contributed by atoms with van der Waals surface area (Å²) in [6.07, 6.45) is 0.668. The van der Waals surface area contributed by atoms with E-state index < -0.39 is 5.82 Å². The highest BCUT2D eigenvalue weighted by molar-refractivity contribution is 6.31. The lowest BCUT2D eigenvalue weighted by molar-refractivity contribution is 0.0977. The van der Waals surface area contributed by atoms with Gasteiger partial charge in [0.2, 0.25) is 5.96 Å². The van der Waals surface area contributed by atoms with Crippen molar-refractivity contribution < 1.29 is 9.18 Å². The Morgan fingerprint density at radius 1 is 1.19 bits per heavy atom. The van der Waals surface area contributed by atoms with Gasteiger partial charge in [-0.15, -0.1) is 0 Å². The molecule has 3 aromatic rings. The molecule has 0 unspecified atom stereocenters. The minimum atomic E-state index is -0.517. The van der Waals surface area contributed by atoms with Crippen LogP contribution >= 0.6 is 11.6 Å². The normalized spacial score (nSPS) is 11.5. The van der Waals surface area contributed by atoms with Crippen molar-refractivity contribution in [2.24, 2.45) is 12.0 Å². The zero-order chi connectivity index (χ0) is 22.5. The Balaban J connectivity index is 1.81. The number of rotatable bonds is 5. The molecule has 1 heterocycles. The largest absolute Gasteiger partial charge is 0.326 e. The molecule has 0 atom stereocenters. The number of guanidine groups is 1. The monoisotopic (exact) mass is 441 g/mol. The number of aliphatic imine (C=N–C) groups is 1. The summed E-state index contributed by atoms with van der Waals surface area (Å²) in [5.41, 5.74) is 5.18. The maximum absolute atomic E-state index is 13.5. The Labute approximate surface area is 186 Å². The maximum Gasteiger partial charge on any atom is 0.257 e. The van der Waals surface area contributed by atoms with Gasteiger partial charge in [0.15, 0.2) is 0 Å². The Kier molecular flexibility index (Phi) is 7.07. The fourth-order valence-corrected chi connectivity index (χ4v) is 3.43. The number of carbonyl (C=O) groups excluding carboxylic acids is 1. The Morgan fingerprint density at radius 2 is 1.97 bits per heavy atom. The number of hydrogen-bond donors (Lipinski definition) is 2. The predicted octanol–water partition coefficient (Wildman–Crippen LogP) is 4.58. The number of carbonyl (C=O) groups is 1. The van der Waals surface area contributed by atoms with E-state index in [1.165, 1.54) is 18.2 Å². The topological polar surface area (TPSA) is 71.3 Å². The smallest absolute Gasteiger partial charge is 0.257 e. The van der Waals surface area contributed by atoms with Crippen molar-refractivity contribution in [3.63, 3.8) is 0 Å². The van der Waals surface area contributed by atoms with Gasteiger partial charge in [-0.3, -0.25) is 19.8 Å². The van der Waals surface area contributed by atoms with Crippen molar-refractivity contribution in [3.8, 4) is 0 Å². The summed E-state index contributed by atoms with van der Waals surface area (Å²) in [6.45, 7) is 6.32. The van der Waals surface area contributed by atoms with E-state index in [-0.39, 0.29) is 16.9 Å². The molecule has 0 saturated heterocycles. The molecule has 1 amide bonds. The van der Waals surface area contributed by atoms with Gasteiger partial charge in [-0.05, 0) is 63.1 Å². The van der Waals surface area contributed by atoms with Crippen LogP contribution in [0.15, 0.2) is 47.5 Å². The second-order valence-electron chi connectivity index (χ2n) is 7.33. The van der Waals surface area contributed by atoms with E-state index in [1.807, 2.05) is 44.6 Å². The van der Waals surface area contributed by atoms with E-state index in [0.717, 1.165) is 22.5 Å². The molecule has 3 rings (SSSR count). The summed E-state index contributed by atoms with van der Waals surface area (Å²) >= 11 is 5.89. The minimum Gasteiger partial charge on any atom is -0.326 e. The fraction of sp³-hybridized carbons (Fsp3) is 0.261.